The van der Waals surface area contributed by atoms with Gasteiger partial charge in [-0.05, 0) is 29.5 Å². The third kappa shape index (κ3) is 3.60. The summed E-state index contributed by atoms with van der Waals surface area (Å²) in [5.41, 5.74) is 6.73. The van der Waals surface area contributed by atoms with Crippen molar-refractivity contribution in [1.29, 1.82) is 0 Å². The van der Waals surface area contributed by atoms with E-state index in [9.17, 15) is 10.2 Å². The van der Waals surface area contributed by atoms with Crippen LogP contribution >= 0.6 is 0 Å². The number of nitrogens with zero attached hydrogens (tertiary/aromatic N) is 1. The fraction of sp³-hybridized carbons (Fsp3) is 0.400. The van der Waals surface area contributed by atoms with Gasteiger partial charge in [0, 0.05) is 6.08 Å². The van der Waals surface area contributed by atoms with E-state index in [0.29, 0.717) is 5.75 Å². The van der Waals surface area contributed by atoms with Crippen LogP contribution in [0, 0.1) is 6.57 Å². The van der Waals surface area contributed by atoms with E-state index in [4.69, 9.17) is 21.8 Å². The van der Waals surface area contributed by atoms with Gasteiger partial charge in [0.25, 0.3) is 6.57 Å². The quantitative estimate of drug-likeness (QED) is 0.766. The van der Waals surface area contributed by atoms with Gasteiger partial charge in [-0.1, -0.05) is 12.1 Å². The van der Waals surface area contributed by atoms with Gasteiger partial charge in [-0.25, -0.2) is 0 Å². The fourth-order valence-electron chi connectivity index (χ4n) is 2.08. The zero-order valence-corrected chi connectivity index (χ0v) is 11.7. The Morgan fingerprint density at radius 1 is 1.29 bits per heavy atom. The number of aliphatic hydroxyl groups is 2. The Hall–Kier alpha value is -1.91. The minimum atomic E-state index is -1.09. The van der Waals surface area contributed by atoms with Gasteiger partial charge in [0.05, 0.1) is 12.1 Å². The number of rotatable bonds is 3. The van der Waals surface area contributed by atoms with Gasteiger partial charge in [0.15, 0.2) is 0 Å². The molecule has 112 valence electrons. The Morgan fingerprint density at radius 3 is 2.57 bits per heavy atom. The van der Waals surface area contributed by atoms with Crippen molar-refractivity contribution >= 4 is 6.08 Å². The van der Waals surface area contributed by atoms with Crippen molar-refractivity contribution in [2.24, 2.45) is 5.73 Å². The van der Waals surface area contributed by atoms with Gasteiger partial charge >= 0.3 is 6.20 Å². The lowest BCUT2D eigenvalue weighted by molar-refractivity contribution is -0.226. The monoisotopic (exact) mass is 291 g/mol. The molecule has 0 amide bonds. The summed E-state index contributed by atoms with van der Waals surface area (Å²) in [7, 11) is 0. The van der Waals surface area contributed by atoms with Gasteiger partial charge in [-0.3, -0.25) is 0 Å². The standard InChI is InChI=1S/C15H19N2O4/c1-9-13(18)14(19)12(16)15(20-9)21-11-5-3-10(4-6-11)7-8-17-2/h2-9,12-15,18-19H,16H2,1H3/q+1/b8-7+. The number of hydrogen-bond acceptors (Lipinski definition) is 5. The number of ether oxygens (including phenoxy) is 2. The number of hydrogen-bond donors (Lipinski definition) is 3. The van der Waals surface area contributed by atoms with Gasteiger partial charge in [-0.2, -0.15) is 0 Å². The minimum absolute atomic E-state index is 0.549. The Labute approximate surface area is 123 Å². The molecule has 1 fully saturated rings. The summed E-state index contributed by atoms with van der Waals surface area (Å²) in [4.78, 5) is 3.38. The van der Waals surface area contributed by atoms with Gasteiger partial charge in [0.2, 0.25) is 6.29 Å². The average Bonchev–Trinajstić information content (AvgIpc) is 2.50. The van der Waals surface area contributed by atoms with Crippen molar-refractivity contribution in [3.05, 3.63) is 40.9 Å². The molecule has 1 aromatic rings. The maximum absolute atomic E-state index is 9.84. The van der Waals surface area contributed by atoms with Crippen LogP contribution in [0.4, 0.5) is 0 Å². The van der Waals surface area contributed by atoms with E-state index in [0.717, 1.165) is 5.56 Å². The molecule has 6 heteroatoms. The molecule has 0 bridgehead atoms. The highest BCUT2D eigenvalue weighted by Crippen LogP contribution is 2.23. The van der Waals surface area contributed by atoms with Crippen LogP contribution in [0.2, 0.25) is 0 Å². The Kier molecular flexibility index (Phi) is 4.94. The molecule has 1 heterocycles. The largest absolute Gasteiger partial charge is 0.463 e. The third-order valence-corrected chi connectivity index (χ3v) is 3.37. The van der Waals surface area contributed by atoms with Gasteiger partial charge < -0.3 is 25.4 Å². The van der Waals surface area contributed by atoms with Crippen LogP contribution in [0.1, 0.15) is 12.5 Å². The second-order valence-corrected chi connectivity index (χ2v) is 4.92. The Bertz CT molecular complexity index is 538. The van der Waals surface area contributed by atoms with Gasteiger partial charge in [-0.15, -0.1) is 0 Å². The molecule has 6 nitrogen and oxygen atoms in total. The maximum Gasteiger partial charge on any atom is 0.305 e. The van der Waals surface area contributed by atoms with Crippen molar-refractivity contribution in [3.8, 4) is 12.3 Å². The molecule has 0 aromatic heterocycles. The molecule has 5 atom stereocenters. The highest BCUT2D eigenvalue weighted by atomic mass is 16.7. The smallest absolute Gasteiger partial charge is 0.305 e. The molecule has 0 spiro atoms. The van der Waals surface area contributed by atoms with E-state index in [-0.39, 0.29) is 0 Å². The van der Waals surface area contributed by atoms with E-state index in [1.54, 1.807) is 25.1 Å². The molecule has 1 aliphatic rings. The second-order valence-electron chi connectivity index (χ2n) is 4.92. The van der Waals surface area contributed by atoms with Crippen molar-refractivity contribution in [2.75, 3.05) is 0 Å². The molecule has 5 unspecified atom stereocenters. The fourth-order valence-corrected chi connectivity index (χ4v) is 2.08. The summed E-state index contributed by atoms with van der Waals surface area (Å²) in [6.45, 7) is 6.67. The molecular formula is C15H19N2O4+. The second kappa shape index (κ2) is 6.70. The molecule has 0 radical (unpaired) electrons. The first-order valence-corrected chi connectivity index (χ1v) is 6.63. The molecule has 2 rings (SSSR count). The summed E-state index contributed by atoms with van der Waals surface area (Å²) < 4.78 is 11.1. The summed E-state index contributed by atoms with van der Waals surface area (Å²) in [5.74, 6) is 0.549. The highest BCUT2D eigenvalue weighted by molar-refractivity contribution is 5.51. The lowest BCUT2D eigenvalue weighted by Gasteiger charge is -2.39. The average molecular weight is 291 g/mol. The topological polar surface area (TPSA) is 89.3 Å². The normalized spacial score (nSPS) is 32.8. The predicted molar refractivity (Wildman–Crippen MR) is 78.7 cm³/mol. The van der Waals surface area contributed by atoms with E-state index < -0.39 is 30.6 Å². The van der Waals surface area contributed by atoms with E-state index in [1.165, 1.54) is 6.20 Å². The molecule has 0 saturated carbocycles. The van der Waals surface area contributed by atoms with Crippen LogP contribution in [0.3, 0.4) is 0 Å². The van der Waals surface area contributed by atoms with Crippen LogP contribution < -0.4 is 10.5 Å². The van der Waals surface area contributed by atoms with Crippen LogP contribution in [0.25, 0.3) is 10.9 Å². The molecule has 1 aromatic carbocycles. The number of aliphatic hydroxyl groups excluding tert-OH is 2. The molecule has 21 heavy (non-hydrogen) atoms. The minimum Gasteiger partial charge on any atom is -0.463 e. The zero-order chi connectivity index (χ0) is 15.4. The van der Waals surface area contributed by atoms with E-state index >= 15 is 0 Å². The summed E-state index contributed by atoms with van der Waals surface area (Å²) in [6, 6.07) is 6.30. The lowest BCUT2D eigenvalue weighted by atomic mass is 9.98. The van der Waals surface area contributed by atoms with Crippen molar-refractivity contribution < 1.29 is 19.7 Å². The first kappa shape index (κ1) is 15.5. The Morgan fingerprint density at radius 2 is 1.95 bits per heavy atom. The lowest BCUT2D eigenvalue weighted by Crippen LogP contribution is -2.61. The first-order valence-electron chi connectivity index (χ1n) is 6.63. The highest BCUT2D eigenvalue weighted by Gasteiger charge is 2.41. The molecule has 1 saturated heterocycles. The molecule has 4 N–H and O–H groups in total. The number of nitrogens with two attached hydrogens (primary N) is 1. The SMILES string of the molecule is C#[N+]/C=C/c1ccc(OC2OC(C)C(O)C(O)C2N)cc1. The van der Waals surface area contributed by atoms with Crippen molar-refractivity contribution in [1.82, 2.24) is 0 Å². The van der Waals surface area contributed by atoms with Crippen molar-refractivity contribution in [3.63, 3.8) is 0 Å². The summed E-state index contributed by atoms with van der Waals surface area (Å²) >= 11 is 0. The van der Waals surface area contributed by atoms with E-state index in [1.807, 2.05) is 12.1 Å². The Balaban J connectivity index is 2.04. The first-order chi connectivity index (χ1) is 10.0. The summed E-state index contributed by atoms with van der Waals surface area (Å²) in [6.07, 6.45) is -0.263. The van der Waals surface area contributed by atoms with Crippen LogP contribution in [-0.4, -0.2) is 40.9 Å². The molecular weight excluding hydrogens is 272 g/mol. The van der Waals surface area contributed by atoms with Crippen LogP contribution in [0.5, 0.6) is 5.75 Å². The molecule has 1 aliphatic heterocycles. The van der Waals surface area contributed by atoms with E-state index in [2.05, 4.69) is 4.85 Å². The van der Waals surface area contributed by atoms with Crippen LogP contribution in [-0.2, 0) is 4.74 Å². The third-order valence-electron chi connectivity index (χ3n) is 3.37. The zero-order valence-electron chi connectivity index (χ0n) is 11.7. The van der Waals surface area contributed by atoms with Crippen molar-refractivity contribution in [2.45, 2.75) is 37.6 Å². The van der Waals surface area contributed by atoms with Gasteiger partial charge in [0.1, 0.15) is 18.0 Å². The molecule has 0 aliphatic carbocycles. The maximum atomic E-state index is 9.84. The predicted octanol–water partition coefficient (Wildman–Crippen LogP) is 0.793. The summed E-state index contributed by atoms with van der Waals surface area (Å²) in [5, 5.41) is 19.5. The van der Waals surface area contributed by atoms with Crippen LogP contribution in [0.15, 0.2) is 30.5 Å². The number of benzene rings is 1.